The van der Waals surface area contributed by atoms with E-state index in [2.05, 4.69) is 10.3 Å². The molecule has 0 spiro atoms. The van der Waals surface area contributed by atoms with Gasteiger partial charge in [0.2, 0.25) is 0 Å². The van der Waals surface area contributed by atoms with Gasteiger partial charge in [0.15, 0.2) is 0 Å². The van der Waals surface area contributed by atoms with Gasteiger partial charge in [-0.3, -0.25) is 4.79 Å². The van der Waals surface area contributed by atoms with Crippen LogP contribution in [0.4, 0.5) is 5.82 Å². The van der Waals surface area contributed by atoms with Crippen molar-refractivity contribution in [1.29, 1.82) is 0 Å². The number of anilines is 1. The number of nitrogens with one attached hydrogen (secondary N) is 1. The van der Waals surface area contributed by atoms with Crippen molar-refractivity contribution in [2.45, 2.75) is 0 Å². The third kappa shape index (κ3) is 2.23. The lowest BCUT2D eigenvalue weighted by molar-refractivity contribution is -0.134. The van der Waals surface area contributed by atoms with Gasteiger partial charge in [-0.15, -0.1) is 0 Å². The lowest BCUT2D eigenvalue weighted by atomic mass is 10.1. The average molecular weight is 237 g/mol. The Hall–Kier alpha value is -1.81. The number of hydrogen-bond donors (Lipinski definition) is 2. The molecule has 0 atom stereocenters. The van der Waals surface area contributed by atoms with Crippen LogP contribution in [0, 0.1) is 0 Å². The molecule has 2 aromatic rings. The maximum Gasteiger partial charge on any atom is 0.322 e. The van der Waals surface area contributed by atoms with E-state index in [-0.39, 0.29) is 6.54 Å². The summed E-state index contributed by atoms with van der Waals surface area (Å²) >= 11 is 5.84. The maximum absolute atomic E-state index is 10.5. The summed E-state index contributed by atoms with van der Waals surface area (Å²) in [4.78, 5) is 14.5. The van der Waals surface area contributed by atoms with Crippen molar-refractivity contribution in [2.75, 3.05) is 11.9 Å². The van der Waals surface area contributed by atoms with Crippen molar-refractivity contribution >= 4 is 34.2 Å². The SMILES string of the molecule is O=C(O)CNc1nc(Cl)cc2ccccc12. The summed E-state index contributed by atoms with van der Waals surface area (Å²) in [5.41, 5.74) is 0. The highest BCUT2D eigenvalue weighted by Gasteiger charge is 2.05. The molecule has 1 aromatic carbocycles. The fraction of sp³-hybridized carbons (Fsp3) is 0.0909. The van der Waals surface area contributed by atoms with Crippen molar-refractivity contribution in [2.24, 2.45) is 0 Å². The van der Waals surface area contributed by atoms with Gasteiger partial charge >= 0.3 is 5.97 Å². The molecule has 0 bridgehead atoms. The zero-order valence-electron chi connectivity index (χ0n) is 8.27. The topological polar surface area (TPSA) is 62.2 Å². The van der Waals surface area contributed by atoms with Gasteiger partial charge in [-0.2, -0.15) is 0 Å². The lowest BCUT2D eigenvalue weighted by Gasteiger charge is -2.07. The van der Waals surface area contributed by atoms with Crippen molar-refractivity contribution < 1.29 is 9.90 Å². The summed E-state index contributed by atoms with van der Waals surface area (Å²) in [6.07, 6.45) is 0. The van der Waals surface area contributed by atoms with Gasteiger partial charge in [0.05, 0.1) is 0 Å². The van der Waals surface area contributed by atoms with E-state index in [1.54, 1.807) is 6.07 Å². The highest BCUT2D eigenvalue weighted by atomic mass is 35.5. The monoisotopic (exact) mass is 236 g/mol. The van der Waals surface area contributed by atoms with E-state index in [4.69, 9.17) is 16.7 Å². The van der Waals surface area contributed by atoms with E-state index in [9.17, 15) is 4.79 Å². The molecule has 0 unspecified atom stereocenters. The van der Waals surface area contributed by atoms with Crippen LogP contribution in [-0.4, -0.2) is 22.6 Å². The number of fused-ring (bicyclic) bond motifs is 1. The Balaban J connectivity index is 2.46. The lowest BCUT2D eigenvalue weighted by Crippen LogP contribution is -2.13. The van der Waals surface area contributed by atoms with Gasteiger partial charge in [0, 0.05) is 5.39 Å². The number of benzene rings is 1. The Bertz CT molecular complexity index is 542. The van der Waals surface area contributed by atoms with Crippen LogP contribution in [0.25, 0.3) is 10.8 Å². The fourth-order valence-corrected chi connectivity index (χ4v) is 1.66. The number of aliphatic carboxylic acids is 1. The molecule has 82 valence electrons. The second-order valence-electron chi connectivity index (χ2n) is 3.26. The minimum atomic E-state index is -0.939. The number of aromatic nitrogens is 1. The van der Waals surface area contributed by atoms with Gasteiger partial charge < -0.3 is 10.4 Å². The number of carbonyl (C=O) groups is 1. The number of rotatable bonds is 3. The molecule has 4 nitrogen and oxygen atoms in total. The molecular weight excluding hydrogens is 228 g/mol. The van der Waals surface area contributed by atoms with Crippen molar-refractivity contribution in [3.8, 4) is 0 Å². The zero-order valence-corrected chi connectivity index (χ0v) is 9.03. The van der Waals surface area contributed by atoms with Crippen LogP contribution in [0.3, 0.4) is 0 Å². The Kier molecular flexibility index (Phi) is 2.92. The molecule has 1 aromatic heterocycles. The molecule has 16 heavy (non-hydrogen) atoms. The van der Waals surface area contributed by atoms with Crippen LogP contribution in [0.5, 0.6) is 0 Å². The van der Waals surface area contributed by atoms with Crippen LogP contribution >= 0.6 is 11.6 Å². The second kappa shape index (κ2) is 4.37. The molecule has 0 saturated carbocycles. The normalized spacial score (nSPS) is 10.3. The first-order valence-corrected chi connectivity index (χ1v) is 5.05. The molecule has 5 heteroatoms. The quantitative estimate of drug-likeness (QED) is 0.804. The molecule has 0 radical (unpaired) electrons. The summed E-state index contributed by atoms with van der Waals surface area (Å²) in [5, 5.41) is 13.4. The number of hydrogen-bond acceptors (Lipinski definition) is 3. The molecule has 0 amide bonds. The molecule has 0 aliphatic rings. The van der Waals surface area contributed by atoms with Gasteiger partial charge in [-0.1, -0.05) is 35.9 Å². The van der Waals surface area contributed by atoms with Gasteiger partial charge in [-0.05, 0) is 11.5 Å². The minimum absolute atomic E-state index is 0.183. The molecule has 1 heterocycles. The number of halogens is 1. The largest absolute Gasteiger partial charge is 0.480 e. The van der Waals surface area contributed by atoms with E-state index >= 15 is 0 Å². The molecular formula is C11H9ClN2O2. The van der Waals surface area contributed by atoms with Crippen molar-refractivity contribution in [3.05, 3.63) is 35.5 Å². The summed E-state index contributed by atoms with van der Waals surface area (Å²) in [7, 11) is 0. The first-order valence-electron chi connectivity index (χ1n) is 4.68. The van der Waals surface area contributed by atoms with Gasteiger partial charge in [0.1, 0.15) is 17.5 Å². The van der Waals surface area contributed by atoms with Crippen LogP contribution < -0.4 is 5.32 Å². The smallest absolute Gasteiger partial charge is 0.322 e. The zero-order chi connectivity index (χ0) is 11.5. The first kappa shape index (κ1) is 10.7. The van der Waals surface area contributed by atoms with E-state index in [1.807, 2.05) is 24.3 Å². The van der Waals surface area contributed by atoms with Gasteiger partial charge in [0.25, 0.3) is 0 Å². The summed E-state index contributed by atoms with van der Waals surface area (Å²) in [6, 6.07) is 9.25. The van der Waals surface area contributed by atoms with E-state index in [1.165, 1.54) is 0 Å². The predicted octanol–water partition coefficient (Wildman–Crippen LogP) is 2.38. The third-order valence-corrected chi connectivity index (χ3v) is 2.31. The highest BCUT2D eigenvalue weighted by Crippen LogP contribution is 2.24. The summed E-state index contributed by atoms with van der Waals surface area (Å²) in [5.74, 6) is -0.448. The Morgan fingerprint density at radius 1 is 1.44 bits per heavy atom. The number of pyridine rings is 1. The predicted molar refractivity (Wildman–Crippen MR) is 62.9 cm³/mol. The highest BCUT2D eigenvalue weighted by molar-refractivity contribution is 6.30. The van der Waals surface area contributed by atoms with E-state index < -0.39 is 5.97 Å². The molecule has 0 aliphatic carbocycles. The Labute approximate surface area is 96.9 Å². The fourth-order valence-electron chi connectivity index (χ4n) is 1.46. The first-order chi connectivity index (χ1) is 7.66. The van der Waals surface area contributed by atoms with E-state index in [0.29, 0.717) is 11.0 Å². The van der Waals surface area contributed by atoms with Crippen molar-refractivity contribution in [3.63, 3.8) is 0 Å². The molecule has 0 fully saturated rings. The molecule has 2 rings (SSSR count). The molecule has 0 saturated heterocycles. The van der Waals surface area contributed by atoms with Crippen LogP contribution in [0.1, 0.15) is 0 Å². The standard InChI is InChI=1S/C11H9ClN2O2/c12-9-5-7-3-1-2-4-8(7)11(14-9)13-6-10(15)16/h1-5H,6H2,(H,13,14)(H,15,16). The summed E-state index contributed by atoms with van der Waals surface area (Å²) in [6.45, 7) is -0.183. The maximum atomic E-state index is 10.5. The van der Waals surface area contributed by atoms with Crippen molar-refractivity contribution in [1.82, 2.24) is 4.98 Å². The van der Waals surface area contributed by atoms with E-state index in [0.717, 1.165) is 10.8 Å². The Morgan fingerprint density at radius 3 is 2.94 bits per heavy atom. The third-order valence-electron chi connectivity index (χ3n) is 2.12. The number of carboxylic acid groups (broad SMARTS) is 1. The second-order valence-corrected chi connectivity index (χ2v) is 3.65. The summed E-state index contributed by atoms with van der Waals surface area (Å²) < 4.78 is 0. The van der Waals surface area contributed by atoms with Gasteiger partial charge in [-0.25, -0.2) is 4.98 Å². The number of carboxylic acids is 1. The van der Waals surface area contributed by atoms with Crippen LogP contribution in [-0.2, 0) is 4.79 Å². The minimum Gasteiger partial charge on any atom is -0.480 e. The molecule has 2 N–H and O–H groups in total. The molecule has 0 aliphatic heterocycles. The van der Waals surface area contributed by atoms with Crippen LogP contribution in [0.15, 0.2) is 30.3 Å². The number of nitrogens with zero attached hydrogens (tertiary/aromatic N) is 1. The average Bonchev–Trinajstić information content (AvgIpc) is 2.25. The van der Waals surface area contributed by atoms with Crippen LogP contribution in [0.2, 0.25) is 5.15 Å². The Morgan fingerprint density at radius 2 is 2.19 bits per heavy atom.